The second-order valence-electron chi connectivity index (χ2n) is 5.78. The molecular formula is C20H22N4O. The first-order valence-corrected chi connectivity index (χ1v) is 8.42. The van der Waals surface area contributed by atoms with E-state index in [1.807, 2.05) is 48.1 Å². The summed E-state index contributed by atoms with van der Waals surface area (Å²) in [6.45, 7) is 9.17. The number of ether oxygens (including phenoxy) is 1. The minimum Gasteiger partial charge on any atom is -0.487 e. The predicted octanol–water partition coefficient (Wildman–Crippen LogP) is 4.28. The molecule has 3 aromatic heterocycles. The molecule has 3 rings (SSSR count). The van der Waals surface area contributed by atoms with Gasteiger partial charge in [-0.15, -0.1) is 0 Å². The van der Waals surface area contributed by atoms with Crippen LogP contribution in [0.4, 0.5) is 0 Å². The predicted molar refractivity (Wildman–Crippen MR) is 99.1 cm³/mol. The van der Waals surface area contributed by atoms with Gasteiger partial charge in [-0.25, -0.2) is 4.98 Å². The van der Waals surface area contributed by atoms with Gasteiger partial charge in [0.05, 0.1) is 11.4 Å². The zero-order valence-corrected chi connectivity index (χ0v) is 14.6. The SMILES string of the molecule is C=Cc1nc(C)ccc1OCc1cccnc1-c1ccnn1CCC. The van der Waals surface area contributed by atoms with Crippen molar-refractivity contribution in [1.82, 2.24) is 19.7 Å². The molecule has 128 valence electrons. The summed E-state index contributed by atoms with van der Waals surface area (Å²) < 4.78 is 7.98. The van der Waals surface area contributed by atoms with Crippen LogP contribution in [-0.4, -0.2) is 19.7 Å². The van der Waals surface area contributed by atoms with E-state index in [4.69, 9.17) is 4.74 Å². The first kappa shape index (κ1) is 16.9. The molecule has 5 heteroatoms. The van der Waals surface area contributed by atoms with Gasteiger partial charge in [0.25, 0.3) is 0 Å². The van der Waals surface area contributed by atoms with Gasteiger partial charge < -0.3 is 4.74 Å². The molecule has 0 aliphatic carbocycles. The molecule has 0 aliphatic rings. The van der Waals surface area contributed by atoms with Crippen LogP contribution in [0.2, 0.25) is 0 Å². The third-order valence-electron chi connectivity index (χ3n) is 3.89. The Kier molecular flexibility index (Phi) is 5.23. The molecule has 0 spiro atoms. The van der Waals surface area contributed by atoms with E-state index < -0.39 is 0 Å². The van der Waals surface area contributed by atoms with Crippen molar-refractivity contribution >= 4 is 6.08 Å². The zero-order valence-electron chi connectivity index (χ0n) is 14.6. The minimum atomic E-state index is 0.409. The smallest absolute Gasteiger partial charge is 0.145 e. The number of aryl methyl sites for hydroxylation is 2. The number of pyridine rings is 2. The van der Waals surface area contributed by atoms with Crippen molar-refractivity contribution in [3.63, 3.8) is 0 Å². The maximum Gasteiger partial charge on any atom is 0.145 e. The van der Waals surface area contributed by atoms with E-state index in [2.05, 4.69) is 28.6 Å². The van der Waals surface area contributed by atoms with Gasteiger partial charge in [-0.05, 0) is 43.7 Å². The lowest BCUT2D eigenvalue weighted by Gasteiger charge is -2.13. The van der Waals surface area contributed by atoms with Crippen molar-refractivity contribution in [3.05, 3.63) is 66.3 Å². The lowest BCUT2D eigenvalue weighted by Crippen LogP contribution is -2.06. The largest absolute Gasteiger partial charge is 0.487 e. The topological polar surface area (TPSA) is 52.8 Å². The van der Waals surface area contributed by atoms with Gasteiger partial charge in [-0.2, -0.15) is 5.10 Å². The summed E-state index contributed by atoms with van der Waals surface area (Å²) in [7, 11) is 0. The fourth-order valence-electron chi connectivity index (χ4n) is 2.70. The minimum absolute atomic E-state index is 0.409. The van der Waals surface area contributed by atoms with E-state index >= 15 is 0 Å². The van der Waals surface area contributed by atoms with Crippen LogP contribution in [0.1, 0.15) is 30.3 Å². The van der Waals surface area contributed by atoms with Gasteiger partial charge in [-0.3, -0.25) is 9.67 Å². The molecule has 0 fully saturated rings. The highest BCUT2D eigenvalue weighted by atomic mass is 16.5. The average molecular weight is 334 g/mol. The van der Waals surface area contributed by atoms with Crippen LogP contribution < -0.4 is 4.74 Å². The molecule has 0 aromatic carbocycles. The van der Waals surface area contributed by atoms with E-state index in [1.54, 1.807) is 12.3 Å². The molecule has 0 saturated heterocycles. The lowest BCUT2D eigenvalue weighted by atomic mass is 10.1. The Labute approximate surface area is 148 Å². The van der Waals surface area contributed by atoms with Crippen molar-refractivity contribution < 1.29 is 4.74 Å². The molecule has 0 N–H and O–H groups in total. The number of rotatable bonds is 7. The van der Waals surface area contributed by atoms with Crippen molar-refractivity contribution in [1.29, 1.82) is 0 Å². The van der Waals surface area contributed by atoms with Gasteiger partial charge >= 0.3 is 0 Å². The second kappa shape index (κ2) is 7.75. The highest BCUT2D eigenvalue weighted by molar-refractivity contribution is 5.59. The maximum atomic E-state index is 6.00. The number of hydrogen-bond acceptors (Lipinski definition) is 4. The van der Waals surface area contributed by atoms with Crippen molar-refractivity contribution in [2.45, 2.75) is 33.4 Å². The lowest BCUT2D eigenvalue weighted by molar-refractivity contribution is 0.304. The Morgan fingerprint density at radius 2 is 2.08 bits per heavy atom. The fraction of sp³-hybridized carbons (Fsp3) is 0.250. The van der Waals surface area contributed by atoms with Crippen molar-refractivity contribution in [3.8, 4) is 17.1 Å². The van der Waals surface area contributed by atoms with Crippen LogP contribution in [0.3, 0.4) is 0 Å². The average Bonchev–Trinajstić information content (AvgIpc) is 3.09. The molecule has 0 amide bonds. The maximum absolute atomic E-state index is 6.00. The van der Waals surface area contributed by atoms with Gasteiger partial charge in [0.15, 0.2) is 0 Å². The van der Waals surface area contributed by atoms with Gasteiger partial charge in [0.2, 0.25) is 0 Å². The molecule has 0 unspecified atom stereocenters. The number of hydrogen-bond donors (Lipinski definition) is 0. The molecule has 5 nitrogen and oxygen atoms in total. The Morgan fingerprint density at radius 1 is 1.20 bits per heavy atom. The summed E-state index contributed by atoms with van der Waals surface area (Å²) in [5.41, 5.74) is 4.60. The third-order valence-corrected chi connectivity index (χ3v) is 3.89. The molecule has 3 aromatic rings. The van der Waals surface area contributed by atoms with E-state index in [0.29, 0.717) is 6.61 Å². The van der Waals surface area contributed by atoms with Gasteiger partial charge in [0.1, 0.15) is 18.1 Å². The molecule has 0 bridgehead atoms. The summed E-state index contributed by atoms with van der Waals surface area (Å²) in [5, 5.41) is 4.39. The molecule has 0 atom stereocenters. The summed E-state index contributed by atoms with van der Waals surface area (Å²) in [6, 6.07) is 9.80. The Balaban J connectivity index is 1.87. The van der Waals surface area contributed by atoms with Crippen LogP contribution in [-0.2, 0) is 13.2 Å². The van der Waals surface area contributed by atoms with Crippen LogP contribution >= 0.6 is 0 Å². The Morgan fingerprint density at radius 3 is 2.88 bits per heavy atom. The second-order valence-corrected chi connectivity index (χ2v) is 5.78. The standard InChI is InChI=1S/C20H22N4O/c1-4-13-24-18(10-12-22-24)20-16(7-6-11-21-20)14-25-19-9-8-15(3)23-17(19)5-2/h5-12H,2,4,13-14H2,1,3H3. The Hall–Kier alpha value is -2.95. The van der Waals surface area contributed by atoms with Crippen LogP contribution in [0.15, 0.2) is 49.3 Å². The third kappa shape index (κ3) is 3.76. The molecular weight excluding hydrogens is 312 g/mol. The highest BCUT2D eigenvalue weighted by Gasteiger charge is 2.12. The summed E-state index contributed by atoms with van der Waals surface area (Å²) in [4.78, 5) is 9.00. The zero-order chi connectivity index (χ0) is 17.6. The quantitative estimate of drug-likeness (QED) is 0.647. The van der Waals surface area contributed by atoms with E-state index in [9.17, 15) is 0 Å². The molecule has 3 heterocycles. The molecule has 0 saturated carbocycles. The number of aromatic nitrogens is 4. The highest BCUT2D eigenvalue weighted by Crippen LogP contribution is 2.24. The van der Waals surface area contributed by atoms with Crippen molar-refractivity contribution in [2.24, 2.45) is 0 Å². The van der Waals surface area contributed by atoms with E-state index in [0.717, 1.165) is 47.1 Å². The Bertz CT molecular complexity index is 870. The first-order chi connectivity index (χ1) is 12.2. The van der Waals surface area contributed by atoms with Crippen LogP contribution in [0, 0.1) is 6.92 Å². The van der Waals surface area contributed by atoms with Gasteiger partial charge in [0, 0.05) is 30.2 Å². The summed E-state index contributed by atoms with van der Waals surface area (Å²) in [5.74, 6) is 0.720. The van der Waals surface area contributed by atoms with Crippen LogP contribution in [0.5, 0.6) is 5.75 Å². The van der Waals surface area contributed by atoms with Gasteiger partial charge in [-0.1, -0.05) is 19.6 Å². The fourth-order valence-corrected chi connectivity index (χ4v) is 2.70. The first-order valence-electron chi connectivity index (χ1n) is 8.42. The van der Waals surface area contributed by atoms with E-state index in [-0.39, 0.29) is 0 Å². The number of nitrogens with zero attached hydrogens (tertiary/aromatic N) is 4. The monoisotopic (exact) mass is 334 g/mol. The molecule has 0 aliphatic heterocycles. The molecule has 25 heavy (non-hydrogen) atoms. The van der Waals surface area contributed by atoms with Crippen molar-refractivity contribution in [2.75, 3.05) is 0 Å². The summed E-state index contributed by atoms with van der Waals surface area (Å²) >= 11 is 0. The summed E-state index contributed by atoms with van der Waals surface area (Å²) in [6.07, 6.45) is 6.34. The van der Waals surface area contributed by atoms with Crippen LogP contribution in [0.25, 0.3) is 17.5 Å². The normalized spacial score (nSPS) is 10.6. The van der Waals surface area contributed by atoms with E-state index in [1.165, 1.54) is 0 Å². The molecule has 0 radical (unpaired) electrons.